The molecule has 2 aromatic rings. The summed E-state index contributed by atoms with van der Waals surface area (Å²) in [6.07, 6.45) is 1.70. The lowest BCUT2D eigenvalue weighted by atomic mass is 10.3. The van der Waals surface area contributed by atoms with Crippen LogP contribution in [-0.2, 0) is 5.88 Å². The van der Waals surface area contributed by atoms with Crippen molar-refractivity contribution in [2.45, 2.75) is 12.8 Å². The highest BCUT2D eigenvalue weighted by molar-refractivity contribution is 6.16. The fourth-order valence-corrected chi connectivity index (χ4v) is 1.51. The third-order valence-electron chi connectivity index (χ3n) is 2.08. The molecule has 2 rings (SSSR count). The van der Waals surface area contributed by atoms with Crippen molar-refractivity contribution in [1.29, 1.82) is 0 Å². The maximum absolute atomic E-state index is 11.6. The van der Waals surface area contributed by atoms with Gasteiger partial charge < -0.3 is 0 Å². The fourth-order valence-electron chi connectivity index (χ4n) is 1.38. The molecular formula is C10H9ClN2O. The van der Waals surface area contributed by atoms with Gasteiger partial charge in [-0.05, 0) is 18.6 Å². The summed E-state index contributed by atoms with van der Waals surface area (Å²) >= 11 is 5.64. The van der Waals surface area contributed by atoms with Crippen molar-refractivity contribution in [2.75, 3.05) is 0 Å². The smallest absolute Gasteiger partial charge is 0.258 e. The van der Waals surface area contributed by atoms with Gasteiger partial charge in [0.05, 0.1) is 11.6 Å². The molecule has 0 N–H and O–H groups in total. The average Bonchev–Trinajstić information content (AvgIpc) is 2.19. The lowest BCUT2D eigenvalue weighted by molar-refractivity contribution is 0.999. The SMILES string of the molecule is Cc1cccn2c(=O)cc(CCl)nc12. The van der Waals surface area contributed by atoms with Gasteiger partial charge in [0, 0.05) is 12.3 Å². The first-order chi connectivity index (χ1) is 6.72. The number of aryl methyl sites for hydroxylation is 1. The molecule has 0 saturated carbocycles. The predicted octanol–water partition coefficient (Wildman–Crippen LogP) is 1.74. The van der Waals surface area contributed by atoms with E-state index in [-0.39, 0.29) is 11.4 Å². The van der Waals surface area contributed by atoms with Crippen molar-refractivity contribution in [3.8, 4) is 0 Å². The van der Waals surface area contributed by atoms with Crippen LogP contribution in [0, 0.1) is 6.92 Å². The number of halogens is 1. The highest BCUT2D eigenvalue weighted by Crippen LogP contribution is 2.06. The van der Waals surface area contributed by atoms with Gasteiger partial charge in [0.25, 0.3) is 5.56 Å². The van der Waals surface area contributed by atoms with Crippen LogP contribution in [0.25, 0.3) is 5.65 Å². The minimum absolute atomic E-state index is 0.0886. The Morgan fingerprint density at radius 1 is 1.57 bits per heavy atom. The van der Waals surface area contributed by atoms with Crippen molar-refractivity contribution in [3.63, 3.8) is 0 Å². The Morgan fingerprint density at radius 3 is 3.07 bits per heavy atom. The van der Waals surface area contributed by atoms with Gasteiger partial charge in [-0.25, -0.2) is 4.98 Å². The quantitative estimate of drug-likeness (QED) is 0.669. The molecule has 0 atom stereocenters. The largest absolute Gasteiger partial charge is 0.269 e. The van der Waals surface area contributed by atoms with Crippen LogP contribution in [0.3, 0.4) is 0 Å². The van der Waals surface area contributed by atoms with Gasteiger partial charge in [-0.3, -0.25) is 9.20 Å². The standard InChI is InChI=1S/C10H9ClN2O/c1-7-3-2-4-13-9(14)5-8(6-11)12-10(7)13/h2-5H,6H2,1H3. The van der Waals surface area contributed by atoms with E-state index in [9.17, 15) is 4.79 Å². The van der Waals surface area contributed by atoms with E-state index in [1.807, 2.05) is 19.1 Å². The Balaban J connectivity index is 2.91. The Labute approximate surface area is 86.0 Å². The second-order valence-electron chi connectivity index (χ2n) is 3.10. The van der Waals surface area contributed by atoms with Crippen molar-refractivity contribution >= 4 is 17.2 Å². The lowest BCUT2D eigenvalue weighted by Gasteiger charge is -2.03. The lowest BCUT2D eigenvalue weighted by Crippen LogP contribution is -2.15. The minimum atomic E-state index is -0.0886. The second kappa shape index (κ2) is 3.42. The van der Waals surface area contributed by atoms with Crippen molar-refractivity contribution in [1.82, 2.24) is 9.38 Å². The maximum Gasteiger partial charge on any atom is 0.258 e. The van der Waals surface area contributed by atoms with E-state index in [0.29, 0.717) is 11.3 Å². The normalized spacial score (nSPS) is 10.7. The number of aromatic nitrogens is 2. The van der Waals surface area contributed by atoms with Crippen LogP contribution in [0.4, 0.5) is 0 Å². The number of fused-ring (bicyclic) bond motifs is 1. The molecule has 0 amide bonds. The monoisotopic (exact) mass is 208 g/mol. The summed E-state index contributed by atoms with van der Waals surface area (Å²) in [5, 5.41) is 0. The highest BCUT2D eigenvalue weighted by atomic mass is 35.5. The Kier molecular flexibility index (Phi) is 2.25. The third kappa shape index (κ3) is 1.40. The molecule has 72 valence electrons. The van der Waals surface area contributed by atoms with E-state index in [0.717, 1.165) is 5.56 Å². The number of alkyl halides is 1. The number of hydrogen-bond acceptors (Lipinski definition) is 2. The molecule has 14 heavy (non-hydrogen) atoms. The van der Waals surface area contributed by atoms with Gasteiger partial charge in [-0.1, -0.05) is 6.07 Å². The molecule has 0 radical (unpaired) electrons. The van der Waals surface area contributed by atoms with E-state index < -0.39 is 0 Å². The zero-order chi connectivity index (χ0) is 10.1. The maximum atomic E-state index is 11.6. The Hall–Kier alpha value is -1.35. The first-order valence-corrected chi connectivity index (χ1v) is 4.79. The molecule has 3 nitrogen and oxygen atoms in total. The Morgan fingerprint density at radius 2 is 2.36 bits per heavy atom. The van der Waals surface area contributed by atoms with Gasteiger partial charge in [0.2, 0.25) is 0 Å². The van der Waals surface area contributed by atoms with Gasteiger partial charge in [-0.15, -0.1) is 11.6 Å². The minimum Gasteiger partial charge on any atom is -0.269 e. The first kappa shape index (κ1) is 9.21. The van der Waals surface area contributed by atoms with Crippen LogP contribution >= 0.6 is 11.6 Å². The summed E-state index contributed by atoms with van der Waals surface area (Å²) in [7, 11) is 0. The molecular weight excluding hydrogens is 200 g/mol. The molecule has 4 heteroatoms. The van der Waals surface area contributed by atoms with E-state index >= 15 is 0 Å². The number of rotatable bonds is 1. The average molecular weight is 209 g/mol. The van der Waals surface area contributed by atoms with E-state index in [2.05, 4.69) is 4.98 Å². The predicted molar refractivity (Wildman–Crippen MR) is 55.8 cm³/mol. The van der Waals surface area contributed by atoms with Gasteiger partial charge in [0.1, 0.15) is 5.65 Å². The summed E-state index contributed by atoms with van der Waals surface area (Å²) in [4.78, 5) is 15.9. The Bertz CT molecular complexity index is 533. The van der Waals surface area contributed by atoms with E-state index in [4.69, 9.17) is 11.6 Å². The van der Waals surface area contributed by atoms with Crippen LogP contribution in [0.2, 0.25) is 0 Å². The topological polar surface area (TPSA) is 34.4 Å². The van der Waals surface area contributed by atoms with Crippen molar-refractivity contribution < 1.29 is 0 Å². The molecule has 0 aliphatic rings. The molecule has 0 aromatic carbocycles. The molecule has 0 aliphatic heterocycles. The molecule has 0 fully saturated rings. The molecule has 2 heterocycles. The highest BCUT2D eigenvalue weighted by Gasteiger charge is 2.02. The zero-order valence-electron chi connectivity index (χ0n) is 7.70. The van der Waals surface area contributed by atoms with Crippen LogP contribution < -0.4 is 5.56 Å². The molecule has 2 aromatic heterocycles. The molecule has 0 spiro atoms. The molecule has 0 bridgehead atoms. The fraction of sp³-hybridized carbons (Fsp3) is 0.200. The number of hydrogen-bond donors (Lipinski definition) is 0. The number of pyridine rings is 1. The second-order valence-corrected chi connectivity index (χ2v) is 3.37. The van der Waals surface area contributed by atoms with Crippen LogP contribution in [-0.4, -0.2) is 9.38 Å². The van der Waals surface area contributed by atoms with Crippen molar-refractivity contribution in [3.05, 3.63) is 46.0 Å². The van der Waals surface area contributed by atoms with Crippen LogP contribution in [0.15, 0.2) is 29.2 Å². The molecule has 0 saturated heterocycles. The van der Waals surface area contributed by atoms with Gasteiger partial charge >= 0.3 is 0 Å². The van der Waals surface area contributed by atoms with Gasteiger partial charge in [0.15, 0.2) is 0 Å². The summed E-state index contributed by atoms with van der Waals surface area (Å²) in [6.45, 7) is 1.92. The third-order valence-corrected chi connectivity index (χ3v) is 2.35. The zero-order valence-corrected chi connectivity index (χ0v) is 8.45. The van der Waals surface area contributed by atoms with Crippen LogP contribution in [0.5, 0.6) is 0 Å². The van der Waals surface area contributed by atoms with Crippen LogP contribution in [0.1, 0.15) is 11.3 Å². The van der Waals surface area contributed by atoms with E-state index in [1.54, 1.807) is 6.20 Å². The van der Waals surface area contributed by atoms with Crippen molar-refractivity contribution in [2.24, 2.45) is 0 Å². The van der Waals surface area contributed by atoms with E-state index in [1.165, 1.54) is 10.5 Å². The molecule has 0 unspecified atom stereocenters. The summed E-state index contributed by atoms with van der Waals surface area (Å²) in [5.41, 5.74) is 2.17. The summed E-state index contributed by atoms with van der Waals surface area (Å²) in [5.74, 6) is 0.264. The molecule has 0 aliphatic carbocycles. The first-order valence-electron chi connectivity index (χ1n) is 4.26. The summed E-state index contributed by atoms with van der Waals surface area (Å²) < 4.78 is 1.52. The number of nitrogens with zero attached hydrogens (tertiary/aromatic N) is 2. The summed E-state index contributed by atoms with van der Waals surface area (Å²) in [6, 6.07) is 5.20. The van der Waals surface area contributed by atoms with Gasteiger partial charge in [-0.2, -0.15) is 0 Å².